The van der Waals surface area contributed by atoms with Crippen molar-refractivity contribution >= 4 is 46.5 Å². The minimum atomic E-state index is -2.94. The van der Waals surface area contributed by atoms with Crippen LogP contribution in [0.5, 0.6) is 0 Å². The molecule has 0 saturated carbocycles. The van der Waals surface area contributed by atoms with Gasteiger partial charge in [-0.1, -0.05) is 40.9 Å². The zero-order valence-corrected chi connectivity index (χ0v) is 15.1. The second kappa shape index (κ2) is 7.61. The van der Waals surface area contributed by atoms with Gasteiger partial charge in [-0.25, -0.2) is 0 Å². The van der Waals surface area contributed by atoms with Crippen molar-refractivity contribution in [3.05, 3.63) is 63.0 Å². The summed E-state index contributed by atoms with van der Waals surface area (Å²) in [6.07, 6.45) is 2.56. The number of anilines is 1. The van der Waals surface area contributed by atoms with E-state index in [1.54, 1.807) is 18.2 Å². The highest BCUT2D eigenvalue weighted by molar-refractivity contribution is 6.36. The van der Waals surface area contributed by atoms with Gasteiger partial charge in [-0.2, -0.15) is 23.7 Å². The van der Waals surface area contributed by atoms with Crippen molar-refractivity contribution in [1.29, 1.82) is 0 Å². The molecule has 0 aliphatic heterocycles. The van der Waals surface area contributed by atoms with Crippen LogP contribution in [0.3, 0.4) is 0 Å². The summed E-state index contributed by atoms with van der Waals surface area (Å²) < 4.78 is 27.3. The Morgan fingerprint density at radius 1 is 1.15 bits per heavy atom. The molecule has 1 aromatic carbocycles. The van der Waals surface area contributed by atoms with Crippen molar-refractivity contribution in [2.24, 2.45) is 0 Å². The van der Waals surface area contributed by atoms with Gasteiger partial charge in [0.2, 0.25) is 0 Å². The highest BCUT2D eigenvalue weighted by Gasteiger charge is 2.20. The lowest BCUT2D eigenvalue weighted by atomic mass is 10.2. The number of alkyl halides is 2. The van der Waals surface area contributed by atoms with Crippen molar-refractivity contribution in [2.45, 2.75) is 13.1 Å². The summed E-state index contributed by atoms with van der Waals surface area (Å²) in [5, 5.41) is 10.9. The van der Waals surface area contributed by atoms with Crippen molar-refractivity contribution in [3.63, 3.8) is 0 Å². The Bertz CT molecular complexity index is 936. The minimum absolute atomic E-state index is 0.0156. The van der Waals surface area contributed by atoms with Gasteiger partial charge >= 0.3 is 6.55 Å². The van der Waals surface area contributed by atoms with Crippen molar-refractivity contribution in [2.75, 3.05) is 5.32 Å². The first-order valence-electron chi connectivity index (χ1n) is 7.15. The smallest absolute Gasteiger partial charge is 0.302 e. The van der Waals surface area contributed by atoms with E-state index in [0.717, 1.165) is 12.3 Å². The molecule has 3 aromatic rings. The van der Waals surface area contributed by atoms with Crippen molar-refractivity contribution in [1.82, 2.24) is 19.6 Å². The number of hydrogen-bond acceptors (Lipinski definition) is 3. The number of amides is 1. The normalized spacial score (nSPS) is 11.2. The molecule has 0 bridgehead atoms. The van der Waals surface area contributed by atoms with Crippen molar-refractivity contribution < 1.29 is 13.6 Å². The zero-order chi connectivity index (χ0) is 18.8. The Morgan fingerprint density at radius 2 is 1.85 bits per heavy atom. The molecule has 0 atom stereocenters. The quantitative estimate of drug-likeness (QED) is 0.649. The Hall–Kier alpha value is -2.16. The fourth-order valence-corrected chi connectivity index (χ4v) is 2.94. The highest BCUT2D eigenvalue weighted by Crippen LogP contribution is 2.27. The lowest BCUT2D eigenvalue weighted by Crippen LogP contribution is -2.19. The van der Waals surface area contributed by atoms with Gasteiger partial charge in [0.25, 0.3) is 5.91 Å². The number of aromatic nitrogens is 4. The summed E-state index contributed by atoms with van der Waals surface area (Å²) in [5.74, 6) is -0.799. The van der Waals surface area contributed by atoms with E-state index in [-0.39, 0.29) is 23.1 Å². The molecular formula is C15H10Cl3F2N5O. The van der Waals surface area contributed by atoms with Crippen LogP contribution in [-0.2, 0) is 6.54 Å². The second-order valence-electron chi connectivity index (χ2n) is 5.12. The molecule has 1 amide bonds. The van der Waals surface area contributed by atoms with Crippen molar-refractivity contribution in [3.8, 4) is 0 Å². The molecule has 2 heterocycles. The molecular weight excluding hydrogens is 411 g/mol. The topological polar surface area (TPSA) is 64.7 Å². The summed E-state index contributed by atoms with van der Waals surface area (Å²) in [4.78, 5) is 12.2. The van der Waals surface area contributed by atoms with E-state index in [1.165, 1.54) is 10.9 Å². The average Bonchev–Trinajstić information content (AvgIpc) is 3.18. The predicted octanol–water partition coefficient (Wildman–Crippen LogP) is 4.74. The molecule has 26 heavy (non-hydrogen) atoms. The number of benzene rings is 1. The zero-order valence-electron chi connectivity index (χ0n) is 12.8. The van der Waals surface area contributed by atoms with E-state index in [0.29, 0.717) is 20.3 Å². The third kappa shape index (κ3) is 3.82. The largest absolute Gasteiger partial charge is 0.333 e. The van der Waals surface area contributed by atoms with E-state index in [9.17, 15) is 13.6 Å². The molecule has 0 fully saturated rings. The predicted molar refractivity (Wildman–Crippen MR) is 94.2 cm³/mol. The van der Waals surface area contributed by atoms with Crippen LogP contribution in [0, 0.1) is 0 Å². The summed E-state index contributed by atoms with van der Waals surface area (Å²) in [6, 6.07) is 6.24. The average molecular weight is 421 g/mol. The van der Waals surface area contributed by atoms with E-state index < -0.39 is 12.5 Å². The SMILES string of the molecule is O=C(Nc1nn(Cc2c(Cl)cccc2Cl)cc1Cl)c1ccnn1C(F)F. The van der Waals surface area contributed by atoms with Crippen LogP contribution in [-0.4, -0.2) is 25.5 Å². The van der Waals surface area contributed by atoms with E-state index in [1.807, 2.05) is 0 Å². The van der Waals surface area contributed by atoms with Crippen LogP contribution in [0.2, 0.25) is 15.1 Å². The number of carbonyl (C=O) groups excluding carboxylic acids is 1. The maximum absolute atomic E-state index is 12.8. The Balaban J connectivity index is 1.80. The number of halogens is 5. The van der Waals surface area contributed by atoms with Gasteiger partial charge in [-0.3, -0.25) is 9.48 Å². The van der Waals surface area contributed by atoms with Crippen LogP contribution in [0.4, 0.5) is 14.6 Å². The monoisotopic (exact) mass is 419 g/mol. The highest BCUT2D eigenvalue weighted by atomic mass is 35.5. The summed E-state index contributed by atoms with van der Waals surface area (Å²) in [5.41, 5.74) is 0.309. The van der Waals surface area contributed by atoms with Crippen LogP contribution >= 0.6 is 34.8 Å². The Kier molecular flexibility index (Phi) is 5.45. The number of hydrogen-bond donors (Lipinski definition) is 1. The molecule has 0 aliphatic carbocycles. The molecule has 136 valence electrons. The van der Waals surface area contributed by atoms with Gasteiger partial charge in [-0.05, 0) is 18.2 Å². The van der Waals surface area contributed by atoms with Gasteiger partial charge in [0.1, 0.15) is 10.7 Å². The molecule has 11 heteroatoms. The maximum atomic E-state index is 12.8. The summed E-state index contributed by atoms with van der Waals surface area (Å²) >= 11 is 18.3. The van der Waals surface area contributed by atoms with Gasteiger partial charge < -0.3 is 5.32 Å². The lowest BCUT2D eigenvalue weighted by Gasteiger charge is -2.07. The lowest BCUT2D eigenvalue weighted by molar-refractivity contribution is 0.0520. The fourth-order valence-electron chi connectivity index (χ4n) is 2.23. The van der Waals surface area contributed by atoms with Crippen LogP contribution < -0.4 is 5.32 Å². The molecule has 0 unspecified atom stereocenters. The van der Waals surface area contributed by atoms with E-state index in [2.05, 4.69) is 15.5 Å². The number of carbonyl (C=O) groups is 1. The summed E-state index contributed by atoms with van der Waals surface area (Å²) in [6.45, 7) is -2.73. The second-order valence-corrected chi connectivity index (χ2v) is 6.34. The number of nitrogens with one attached hydrogen (secondary N) is 1. The first-order valence-corrected chi connectivity index (χ1v) is 8.29. The molecule has 1 N–H and O–H groups in total. The maximum Gasteiger partial charge on any atom is 0.333 e. The van der Waals surface area contributed by atoms with Crippen LogP contribution in [0.15, 0.2) is 36.7 Å². The minimum Gasteiger partial charge on any atom is -0.302 e. The molecule has 0 radical (unpaired) electrons. The Labute approximate surface area is 161 Å². The first kappa shape index (κ1) is 18.6. The molecule has 6 nitrogen and oxygen atoms in total. The first-order chi connectivity index (χ1) is 12.4. The molecule has 0 saturated heterocycles. The third-order valence-corrected chi connectivity index (χ3v) is 4.40. The molecule has 0 spiro atoms. The van der Waals surface area contributed by atoms with Crippen LogP contribution in [0.1, 0.15) is 22.6 Å². The van der Waals surface area contributed by atoms with Gasteiger partial charge in [-0.15, -0.1) is 0 Å². The van der Waals surface area contributed by atoms with Gasteiger partial charge in [0, 0.05) is 28.0 Å². The van der Waals surface area contributed by atoms with Gasteiger partial charge in [0.15, 0.2) is 5.82 Å². The summed E-state index contributed by atoms with van der Waals surface area (Å²) in [7, 11) is 0. The molecule has 3 rings (SSSR count). The van der Waals surface area contributed by atoms with Gasteiger partial charge in [0.05, 0.1) is 6.54 Å². The Morgan fingerprint density at radius 3 is 2.50 bits per heavy atom. The fraction of sp³-hybridized carbons (Fsp3) is 0.133. The standard InChI is InChI=1S/C15H10Cl3F2N5O/c16-9-2-1-3-10(17)8(9)6-24-7-11(18)13(23-24)22-14(26)12-4-5-21-25(12)15(19)20/h1-5,7,15H,6H2,(H,22,23,26). The molecule has 2 aromatic heterocycles. The third-order valence-electron chi connectivity index (χ3n) is 3.42. The van der Waals surface area contributed by atoms with E-state index >= 15 is 0 Å². The van der Waals surface area contributed by atoms with Crippen LogP contribution in [0.25, 0.3) is 0 Å². The number of nitrogens with zero attached hydrogens (tertiary/aromatic N) is 4. The number of rotatable bonds is 5. The molecule has 0 aliphatic rings. The van der Waals surface area contributed by atoms with E-state index in [4.69, 9.17) is 34.8 Å².